The Labute approximate surface area is 111 Å². The molecule has 0 aliphatic carbocycles. The lowest BCUT2D eigenvalue weighted by atomic mass is 10.2. The Morgan fingerprint density at radius 2 is 2.22 bits per heavy atom. The SMILES string of the molecule is CC(Cl)C(=O)NC(=O)N(C)CCc1ccccn1. The van der Waals surface area contributed by atoms with Crippen LogP contribution in [0.5, 0.6) is 0 Å². The molecule has 98 valence electrons. The zero-order chi connectivity index (χ0) is 13.5. The molecule has 0 aliphatic rings. The molecule has 18 heavy (non-hydrogen) atoms. The van der Waals surface area contributed by atoms with Crippen molar-refractivity contribution in [1.29, 1.82) is 0 Å². The van der Waals surface area contributed by atoms with Gasteiger partial charge < -0.3 is 4.90 Å². The number of nitrogens with zero attached hydrogens (tertiary/aromatic N) is 2. The lowest BCUT2D eigenvalue weighted by Crippen LogP contribution is -2.43. The first-order chi connectivity index (χ1) is 8.50. The van der Waals surface area contributed by atoms with Gasteiger partial charge >= 0.3 is 6.03 Å². The van der Waals surface area contributed by atoms with Crippen LogP contribution in [-0.4, -0.2) is 40.8 Å². The van der Waals surface area contributed by atoms with Crippen LogP contribution in [0, 0.1) is 0 Å². The third-order valence-electron chi connectivity index (χ3n) is 2.37. The van der Waals surface area contributed by atoms with Crippen LogP contribution in [0.3, 0.4) is 0 Å². The Kier molecular flexibility index (Phi) is 5.58. The zero-order valence-electron chi connectivity index (χ0n) is 10.4. The molecule has 5 nitrogen and oxygen atoms in total. The number of halogens is 1. The number of amides is 3. The van der Waals surface area contributed by atoms with E-state index in [2.05, 4.69) is 10.3 Å². The van der Waals surface area contributed by atoms with Crippen LogP contribution in [0.25, 0.3) is 0 Å². The molecule has 0 bridgehead atoms. The highest BCUT2D eigenvalue weighted by Gasteiger charge is 2.15. The van der Waals surface area contributed by atoms with E-state index < -0.39 is 17.3 Å². The van der Waals surface area contributed by atoms with Gasteiger partial charge in [-0.3, -0.25) is 15.1 Å². The maximum absolute atomic E-state index is 11.6. The van der Waals surface area contributed by atoms with E-state index >= 15 is 0 Å². The summed E-state index contributed by atoms with van der Waals surface area (Å²) in [5, 5.41) is 1.49. The molecular formula is C12H16ClN3O2. The highest BCUT2D eigenvalue weighted by Crippen LogP contribution is 1.98. The zero-order valence-corrected chi connectivity index (χ0v) is 11.1. The van der Waals surface area contributed by atoms with E-state index in [1.54, 1.807) is 13.2 Å². The van der Waals surface area contributed by atoms with Crippen LogP contribution < -0.4 is 5.32 Å². The predicted octanol–water partition coefficient (Wildman–Crippen LogP) is 1.42. The van der Waals surface area contributed by atoms with Gasteiger partial charge in [0.1, 0.15) is 5.38 Å². The number of rotatable bonds is 4. The number of nitrogens with one attached hydrogen (secondary N) is 1. The van der Waals surface area contributed by atoms with E-state index in [0.29, 0.717) is 13.0 Å². The maximum Gasteiger partial charge on any atom is 0.323 e. The van der Waals surface area contributed by atoms with Gasteiger partial charge in [-0.1, -0.05) is 6.07 Å². The largest absolute Gasteiger partial charge is 0.327 e. The van der Waals surface area contributed by atoms with Gasteiger partial charge in [-0.05, 0) is 19.1 Å². The molecule has 0 spiro atoms. The molecule has 0 aromatic carbocycles. The second-order valence-electron chi connectivity index (χ2n) is 3.90. The average Bonchev–Trinajstić information content (AvgIpc) is 2.36. The van der Waals surface area contributed by atoms with Gasteiger partial charge in [0.05, 0.1) is 0 Å². The lowest BCUT2D eigenvalue weighted by molar-refractivity contribution is -0.119. The van der Waals surface area contributed by atoms with Crippen molar-refractivity contribution < 1.29 is 9.59 Å². The molecule has 6 heteroatoms. The Hall–Kier alpha value is -1.62. The summed E-state index contributed by atoms with van der Waals surface area (Å²) in [5.74, 6) is -0.494. The Balaban J connectivity index is 2.39. The molecule has 0 saturated carbocycles. The Bertz CT molecular complexity index is 409. The summed E-state index contributed by atoms with van der Waals surface area (Å²) in [6, 6.07) is 5.16. The number of carbonyl (C=O) groups excluding carboxylic acids is 2. The van der Waals surface area contributed by atoms with Crippen molar-refractivity contribution in [2.24, 2.45) is 0 Å². The highest BCUT2D eigenvalue weighted by atomic mass is 35.5. The fourth-order valence-electron chi connectivity index (χ4n) is 1.23. The minimum atomic E-state index is -0.724. The van der Waals surface area contributed by atoms with Crippen LogP contribution in [0.15, 0.2) is 24.4 Å². The first-order valence-corrected chi connectivity index (χ1v) is 6.04. The van der Waals surface area contributed by atoms with Crippen LogP contribution in [0.1, 0.15) is 12.6 Å². The van der Waals surface area contributed by atoms with Crippen molar-refractivity contribution in [2.75, 3.05) is 13.6 Å². The molecule has 1 aromatic heterocycles. The second kappa shape index (κ2) is 6.96. The highest BCUT2D eigenvalue weighted by molar-refractivity contribution is 6.31. The summed E-state index contributed by atoms with van der Waals surface area (Å²) in [5.41, 5.74) is 0.897. The predicted molar refractivity (Wildman–Crippen MR) is 69.4 cm³/mol. The molecule has 1 rings (SSSR count). The molecular weight excluding hydrogens is 254 g/mol. The minimum absolute atomic E-state index is 0.455. The van der Waals surface area contributed by atoms with Gasteiger partial charge in [0, 0.05) is 31.9 Å². The van der Waals surface area contributed by atoms with E-state index in [9.17, 15) is 9.59 Å². The van der Waals surface area contributed by atoms with Crippen molar-refractivity contribution in [3.8, 4) is 0 Å². The normalized spacial score (nSPS) is 11.7. The number of hydrogen-bond acceptors (Lipinski definition) is 3. The van der Waals surface area contributed by atoms with E-state index in [0.717, 1.165) is 5.69 Å². The quantitative estimate of drug-likeness (QED) is 0.841. The molecule has 1 N–H and O–H groups in total. The van der Waals surface area contributed by atoms with Gasteiger partial charge in [0.15, 0.2) is 0 Å². The smallest absolute Gasteiger partial charge is 0.323 e. The molecule has 1 aromatic rings. The molecule has 1 atom stereocenters. The first-order valence-electron chi connectivity index (χ1n) is 5.60. The molecule has 3 amide bonds. The van der Waals surface area contributed by atoms with E-state index in [1.807, 2.05) is 18.2 Å². The van der Waals surface area contributed by atoms with Gasteiger partial charge in [-0.2, -0.15) is 0 Å². The third kappa shape index (κ3) is 4.71. The average molecular weight is 270 g/mol. The summed E-state index contributed by atoms with van der Waals surface area (Å²) < 4.78 is 0. The number of likely N-dealkylation sites (N-methyl/N-ethyl adjacent to an activating group) is 1. The summed E-state index contributed by atoms with van der Waals surface area (Å²) in [7, 11) is 1.62. The topological polar surface area (TPSA) is 62.3 Å². The van der Waals surface area contributed by atoms with Crippen molar-refractivity contribution in [1.82, 2.24) is 15.2 Å². The monoisotopic (exact) mass is 269 g/mol. The third-order valence-corrected chi connectivity index (χ3v) is 2.57. The van der Waals surface area contributed by atoms with Crippen LogP contribution in [0.4, 0.5) is 4.79 Å². The van der Waals surface area contributed by atoms with Crippen LogP contribution in [-0.2, 0) is 11.2 Å². The second-order valence-corrected chi connectivity index (χ2v) is 4.56. The summed E-state index contributed by atoms with van der Waals surface area (Å²) in [6.45, 7) is 1.99. The van der Waals surface area contributed by atoms with Crippen molar-refractivity contribution in [3.05, 3.63) is 30.1 Å². The maximum atomic E-state index is 11.6. The minimum Gasteiger partial charge on any atom is -0.327 e. The first kappa shape index (κ1) is 14.4. The van der Waals surface area contributed by atoms with Gasteiger partial charge in [-0.25, -0.2) is 4.79 Å². The van der Waals surface area contributed by atoms with Gasteiger partial charge in [-0.15, -0.1) is 11.6 Å². The summed E-state index contributed by atoms with van der Waals surface area (Å²) >= 11 is 5.56. The molecule has 0 fully saturated rings. The molecule has 0 saturated heterocycles. The summed E-state index contributed by atoms with van der Waals surface area (Å²) in [4.78, 5) is 28.4. The number of carbonyl (C=O) groups is 2. The van der Waals surface area contributed by atoms with Crippen molar-refractivity contribution in [2.45, 2.75) is 18.7 Å². The van der Waals surface area contributed by atoms with Crippen molar-refractivity contribution >= 4 is 23.5 Å². The number of aromatic nitrogens is 1. The fraction of sp³-hybridized carbons (Fsp3) is 0.417. The lowest BCUT2D eigenvalue weighted by Gasteiger charge is -2.17. The number of alkyl halides is 1. The van der Waals surface area contributed by atoms with Crippen molar-refractivity contribution in [3.63, 3.8) is 0 Å². The van der Waals surface area contributed by atoms with Crippen LogP contribution >= 0.6 is 11.6 Å². The Morgan fingerprint density at radius 1 is 1.50 bits per heavy atom. The van der Waals surface area contributed by atoms with Gasteiger partial charge in [0.25, 0.3) is 0 Å². The van der Waals surface area contributed by atoms with E-state index in [1.165, 1.54) is 11.8 Å². The van der Waals surface area contributed by atoms with E-state index in [4.69, 9.17) is 11.6 Å². The summed E-state index contributed by atoms with van der Waals surface area (Å²) in [6.07, 6.45) is 2.34. The number of urea groups is 1. The molecule has 0 aliphatic heterocycles. The fourth-order valence-corrected chi connectivity index (χ4v) is 1.28. The molecule has 1 heterocycles. The standard InChI is InChI=1S/C12H16ClN3O2/c1-9(13)11(17)15-12(18)16(2)8-6-10-5-3-4-7-14-10/h3-5,7,9H,6,8H2,1-2H3,(H,15,17,18). The molecule has 0 radical (unpaired) electrons. The van der Waals surface area contributed by atoms with Gasteiger partial charge in [0.2, 0.25) is 5.91 Å². The van der Waals surface area contributed by atoms with Crippen LogP contribution in [0.2, 0.25) is 0 Å². The molecule has 1 unspecified atom stereocenters. The number of hydrogen-bond donors (Lipinski definition) is 1. The number of pyridine rings is 1. The Morgan fingerprint density at radius 3 is 2.78 bits per heavy atom. The van der Waals surface area contributed by atoms with E-state index in [-0.39, 0.29) is 0 Å². The number of imide groups is 1.